The smallest absolute Gasteiger partial charge is 0.255 e. The molecule has 3 N–H and O–H groups in total. The second kappa shape index (κ2) is 6.37. The van der Waals surface area contributed by atoms with Crippen molar-refractivity contribution in [2.75, 3.05) is 26.2 Å². The van der Waals surface area contributed by atoms with Gasteiger partial charge in [-0.25, -0.2) is 0 Å². The highest BCUT2D eigenvalue weighted by Crippen LogP contribution is 2.33. The van der Waals surface area contributed by atoms with E-state index in [-0.39, 0.29) is 24.1 Å². The van der Waals surface area contributed by atoms with Crippen LogP contribution in [0.15, 0.2) is 18.2 Å². The van der Waals surface area contributed by atoms with Gasteiger partial charge in [-0.15, -0.1) is 0 Å². The fourth-order valence-electron chi connectivity index (χ4n) is 4.73. The number of hydrogen-bond acceptors (Lipinski definition) is 6. The Labute approximate surface area is 162 Å². The molecule has 0 radical (unpaired) electrons. The van der Waals surface area contributed by atoms with E-state index < -0.39 is 11.6 Å². The number of piperidine rings is 1. The predicted octanol–water partition coefficient (Wildman–Crippen LogP) is -0.786. The summed E-state index contributed by atoms with van der Waals surface area (Å²) in [5, 5.41) is 16.1. The van der Waals surface area contributed by atoms with Crippen molar-refractivity contribution >= 4 is 17.7 Å². The third kappa shape index (κ3) is 2.83. The molecule has 1 aromatic rings. The predicted molar refractivity (Wildman–Crippen MR) is 99.1 cm³/mol. The Morgan fingerprint density at radius 1 is 1.18 bits per heavy atom. The van der Waals surface area contributed by atoms with Gasteiger partial charge in [-0.1, -0.05) is 12.1 Å². The van der Waals surface area contributed by atoms with Crippen LogP contribution in [0.1, 0.15) is 34.3 Å². The van der Waals surface area contributed by atoms with Crippen molar-refractivity contribution in [3.63, 3.8) is 0 Å². The summed E-state index contributed by atoms with van der Waals surface area (Å²) < 4.78 is 0. The van der Waals surface area contributed by atoms with Crippen molar-refractivity contribution in [3.05, 3.63) is 34.9 Å². The number of aliphatic hydroxyl groups is 1. The van der Waals surface area contributed by atoms with Gasteiger partial charge in [-0.3, -0.25) is 24.6 Å². The summed E-state index contributed by atoms with van der Waals surface area (Å²) in [4.78, 5) is 40.1. The normalized spacial score (nSPS) is 27.2. The van der Waals surface area contributed by atoms with Gasteiger partial charge in [-0.05, 0) is 23.6 Å². The first kappa shape index (κ1) is 17.8. The lowest BCUT2D eigenvalue weighted by Crippen LogP contribution is -2.70. The second-order valence-corrected chi connectivity index (χ2v) is 8.50. The van der Waals surface area contributed by atoms with Crippen LogP contribution in [0.2, 0.25) is 0 Å². The van der Waals surface area contributed by atoms with Crippen LogP contribution in [0.4, 0.5) is 0 Å². The van der Waals surface area contributed by atoms with Gasteiger partial charge in [0, 0.05) is 57.2 Å². The summed E-state index contributed by atoms with van der Waals surface area (Å²) >= 11 is 0. The van der Waals surface area contributed by atoms with E-state index in [1.165, 1.54) is 0 Å². The topological polar surface area (TPSA) is 102 Å². The average Bonchev–Trinajstić information content (AvgIpc) is 2.88. The van der Waals surface area contributed by atoms with Crippen LogP contribution in [0.3, 0.4) is 0 Å². The molecule has 0 aliphatic carbocycles. The van der Waals surface area contributed by atoms with E-state index in [0.29, 0.717) is 44.1 Å². The first-order valence-corrected chi connectivity index (χ1v) is 9.85. The Morgan fingerprint density at radius 3 is 2.64 bits per heavy atom. The number of benzene rings is 1. The molecule has 0 saturated carbocycles. The van der Waals surface area contributed by atoms with Crippen molar-refractivity contribution < 1.29 is 19.5 Å². The first-order chi connectivity index (χ1) is 13.4. The average molecular weight is 384 g/mol. The van der Waals surface area contributed by atoms with Crippen LogP contribution < -0.4 is 10.6 Å². The quantitative estimate of drug-likeness (QED) is 0.589. The number of rotatable bonds is 4. The number of likely N-dealkylation sites (tertiary alicyclic amines) is 1. The molecule has 3 amide bonds. The minimum Gasteiger partial charge on any atom is -0.387 e. The fourth-order valence-corrected chi connectivity index (χ4v) is 4.73. The first-order valence-electron chi connectivity index (χ1n) is 9.85. The van der Waals surface area contributed by atoms with Gasteiger partial charge < -0.3 is 15.3 Å². The van der Waals surface area contributed by atoms with Crippen LogP contribution in [-0.4, -0.2) is 70.4 Å². The molecule has 0 bridgehead atoms. The van der Waals surface area contributed by atoms with Crippen LogP contribution in [-0.2, 0) is 22.7 Å². The SMILES string of the molecule is O=C1CCC(N2Cc3ccc(CN4CC(O)(C5CNC5)C4)cc3C2=O)C(=O)N1. The lowest BCUT2D eigenvalue weighted by molar-refractivity contribution is -0.149. The Balaban J connectivity index is 1.25. The summed E-state index contributed by atoms with van der Waals surface area (Å²) in [5.74, 6) is -0.470. The number of β-amino-alcohol motifs (C(OH)–C–C–N with tert-alkyl or cyclic N) is 1. The second-order valence-electron chi connectivity index (χ2n) is 8.50. The van der Waals surface area contributed by atoms with E-state index >= 15 is 0 Å². The number of nitrogens with zero attached hydrogens (tertiary/aromatic N) is 2. The molecular weight excluding hydrogens is 360 g/mol. The van der Waals surface area contributed by atoms with Crippen LogP contribution in [0.5, 0.6) is 0 Å². The summed E-state index contributed by atoms with van der Waals surface area (Å²) in [6.07, 6.45) is 0.635. The van der Waals surface area contributed by atoms with Crippen LogP contribution >= 0.6 is 0 Å². The summed E-state index contributed by atoms with van der Waals surface area (Å²) in [5.41, 5.74) is 2.01. The molecule has 8 nitrogen and oxygen atoms in total. The Kier molecular flexibility index (Phi) is 4.04. The van der Waals surface area contributed by atoms with E-state index in [2.05, 4.69) is 15.5 Å². The monoisotopic (exact) mass is 384 g/mol. The number of hydrogen-bond donors (Lipinski definition) is 3. The minimum atomic E-state index is -0.583. The van der Waals surface area contributed by atoms with Gasteiger partial charge in [0.25, 0.3) is 5.91 Å². The maximum Gasteiger partial charge on any atom is 0.255 e. The number of amides is 3. The molecule has 3 saturated heterocycles. The summed E-state index contributed by atoms with van der Waals surface area (Å²) in [6.45, 7) is 4.18. The number of imide groups is 1. The van der Waals surface area contributed by atoms with Crippen molar-refractivity contribution in [1.29, 1.82) is 0 Å². The zero-order valence-electron chi connectivity index (χ0n) is 15.6. The molecule has 0 aromatic heterocycles. The molecule has 4 aliphatic rings. The number of carbonyl (C=O) groups is 3. The summed E-state index contributed by atoms with van der Waals surface area (Å²) in [6, 6.07) is 5.30. The molecule has 3 fully saturated rings. The van der Waals surface area contributed by atoms with Crippen molar-refractivity contribution in [1.82, 2.24) is 20.4 Å². The van der Waals surface area contributed by atoms with Gasteiger partial charge in [0.05, 0.1) is 5.60 Å². The number of fused-ring (bicyclic) bond motifs is 1. The van der Waals surface area contributed by atoms with E-state index in [1.807, 2.05) is 18.2 Å². The molecule has 4 heterocycles. The molecule has 1 atom stereocenters. The third-order valence-electron chi connectivity index (χ3n) is 6.53. The molecule has 0 spiro atoms. The standard InChI is InChI=1S/C20H24N4O4/c25-17-4-3-16(18(26)22-17)24-9-13-2-1-12(5-15(13)19(24)27)8-23-10-20(28,11-23)14-6-21-7-14/h1-2,5,14,16,21,28H,3-4,6-11H2,(H,22,25,26). The Bertz CT molecular complexity index is 860. The Hall–Kier alpha value is -2.29. The molecular formula is C20H24N4O4. The zero-order valence-corrected chi connectivity index (χ0v) is 15.6. The van der Waals surface area contributed by atoms with Crippen LogP contribution in [0, 0.1) is 5.92 Å². The molecule has 1 aromatic carbocycles. The maximum atomic E-state index is 12.9. The maximum absolute atomic E-state index is 12.9. The minimum absolute atomic E-state index is 0.146. The molecule has 1 unspecified atom stereocenters. The molecule has 8 heteroatoms. The fraction of sp³-hybridized carbons (Fsp3) is 0.550. The molecule has 5 rings (SSSR count). The highest BCUT2D eigenvalue weighted by Gasteiger charge is 2.49. The van der Waals surface area contributed by atoms with E-state index in [9.17, 15) is 19.5 Å². The lowest BCUT2D eigenvalue weighted by atomic mass is 9.77. The highest BCUT2D eigenvalue weighted by atomic mass is 16.3. The molecule has 28 heavy (non-hydrogen) atoms. The summed E-state index contributed by atoms with van der Waals surface area (Å²) in [7, 11) is 0. The van der Waals surface area contributed by atoms with Gasteiger partial charge in [0.15, 0.2) is 0 Å². The molecule has 148 valence electrons. The third-order valence-corrected chi connectivity index (χ3v) is 6.53. The van der Waals surface area contributed by atoms with Gasteiger partial charge in [-0.2, -0.15) is 0 Å². The molecule has 4 aliphatic heterocycles. The highest BCUT2D eigenvalue weighted by molar-refractivity contribution is 6.05. The van der Waals surface area contributed by atoms with Gasteiger partial charge in [0.1, 0.15) is 6.04 Å². The van der Waals surface area contributed by atoms with E-state index in [4.69, 9.17) is 0 Å². The van der Waals surface area contributed by atoms with Crippen molar-refractivity contribution in [3.8, 4) is 0 Å². The zero-order chi connectivity index (χ0) is 19.5. The van der Waals surface area contributed by atoms with Gasteiger partial charge >= 0.3 is 0 Å². The largest absolute Gasteiger partial charge is 0.387 e. The van der Waals surface area contributed by atoms with E-state index in [0.717, 1.165) is 24.2 Å². The van der Waals surface area contributed by atoms with Crippen molar-refractivity contribution in [2.45, 2.75) is 37.6 Å². The number of nitrogens with one attached hydrogen (secondary N) is 2. The number of carbonyl (C=O) groups excluding carboxylic acids is 3. The van der Waals surface area contributed by atoms with Crippen LogP contribution in [0.25, 0.3) is 0 Å². The lowest BCUT2D eigenvalue weighted by Gasteiger charge is -2.53. The van der Waals surface area contributed by atoms with Crippen molar-refractivity contribution in [2.24, 2.45) is 5.92 Å². The van der Waals surface area contributed by atoms with Gasteiger partial charge in [0.2, 0.25) is 11.8 Å². The van der Waals surface area contributed by atoms with E-state index in [1.54, 1.807) is 4.90 Å². The Morgan fingerprint density at radius 2 is 1.96 bits per heavy atom.